The van der Waals surface area contributed by atoms with Crippen molar-refractivity contribution >= 4 is 5.78 Å². The predicted octanol–water partition coefficient (Wildman–Crippen LogP) is 3.27. The molecule has 0 saturated carbocycles. The van der Waals surface area contributed by atoms with Crippen LogP contribution in [-0.2, 0) is 4.79 Å². The summed E-state index contributed by atoms with van der Waals surface area (Å²) in [4.78, 5) is 11.7. The van der Waals surface area contributed by atoms with E-state index in [1.807, 2.05) is 26.8 Å². The van der Waals surface area contributed by atoms with Gasteiger partial charge in [-0.3, -0.25) is 4.79 Å². The molecule has 0 aromatic heterocycles. The van der Waals surface area contributed by atoms with Crippen molar-refractivity contribution in [3.05, 3.63) is 23.3 Å². The summed E-state index contributed by atoms with van der Waals surface area (Å²) in [5.41, 5.74) is 2.01. The lowest BCUT2D eigenvalue weighted by atomic mass is 9.74. The van der Waals surface area contributed by atoms with Gasteiger partial charge in [0, 0.05) is 5.41 Å². The van der Waals surface area contributed by atoms with Gasteiger partial charge in [-0.2, -0.15) is 0 Å². The van der Waals surface area contributed by atoms with Crippen LogP contribution in [0, 0.1) is 5.41 Å². The lowest BCUT2D eigenvalue weighted by Crippen LogP contribution is -2.28. The van der Waals surface area contributed by atoms with Gasteiger partial charge in [-0.15, -0.1) is 0 Å². The van der Waals surface area contributed by atoms with E-state index in [2.05, 4.69) is 13.0 Å². The Balaban J connectivity index is 3.02. The molecule has 0 radical (unpaired) electrons. The van der Waals surface area contributed by atoms with Crippen molar-refractivity contribution in [3.63, 3.8) is 0 Å². The molecule has 0 saturated heterocycles. The number of carbonyl (C=O) groups is 1. The fraction of sp³-hybridized carbons (Fsp3) is 0.583. The Labute approximate surface area is 80.5 Å². The van der Waals surface area contributed by atoms with Gasteiger partial charge in [0.05, 0.1) is 0 Å². The summed E-state index contributed by atoms with van der Waals surface area (Å²) in [5, 5.41) is 0. The first-order valence-electron chi connectivity index (χ1n) is 4.89. The molecular formula is C12H18O. The van der Waals surface area contributed by atoms with Crippen LogP contribution in [0.15, 0.2) is 23.3 Å². The van der Waals surface area contributed by atoms with Crippen molar-refractivity contribution in [1.29, 1.82) is 0 Å². The van der Waals surface area contributed by atoms with Gasteiger partial charge < -0.3 is 0 Å². The van der Waals surface area contributed by atoms with Crippen LogP contribution in [0.3, 0.4) is 0 Å². The highest BCUT2D eigenvalue weighted by molar-refractivity contribution is 6.00. The molecule has 0 aliphatic heterocycles. The molecule has 1 heteroatoms. The molecule has 72 valence electrons. The predicted molar refractivity (Wildman–Crippen MR) is 55.5 cm³/mol. The number of hydrogen-bond acceptors (Lipinski definition) is 1. The maximum atomic E-state index is 11.7. The van der Waals surface area contributed by atoms with Crippen molar-refractivity contribution in [1.82, 2.24) is 0 Å². The molecule has 0 atom stereocenters. The molecule has 0 bridgehead atoms. The Kier molecular flexibility index (Phi) is 2.74. The molecule has 0 spiro atoms. The van der Waals surface area contributed by atoms with Crippen molar-refractivity contribution in [2.75, 3.05) is 0 Å². The fourth-order valence-corrected chi connectivity index (χ4v) is 1.91. The number of carbonyl (C=O) groups excluding carboxylic acids is 1. The lowest BCUT2D eigenvalue weighted by Gasteiger charge is -2.28. The Morgan fingerprint density at radius 1 is 1.54 bits per heavy atom. The highest BCUT2D eigenvalue weighted by Crippen LogP contribution is 2.34. The highest BCUT2D eigenvalue weighted by Gasteiger charge is 2.32. The largest absolute Gasteiger partial charge is 0.294 e. The SMILES string of the molecule is CC/C=C1/C=C(C)C(=O)C(C)(C)C1. The van der Waals surface area contributed by atoms with Crippen molar-refractivity contribution < 1.29 is 4.79 Å². The van der Waals surface area contributed by atoms with Crippen molar-refractivity contribution in [2.24, 2.45) is 5.41 Å². The zero-order valence-corrected chi connectivity index (χ0v) is 8.98. The fourth-order valence-electron chi connectivity index (χ4n) is 1.91. The van der Waals surface area contributed by atoms with Crippen LogP contribution in [0.1, 0.15) is 40.5 Å². The maximum absolute atomic E-state index is 11.7. The average molecular weight is 178 g/mol. The molecule has 0 heterocycles. The molecule has 0 N–H and O–H groups in total. The maximum Gasteiger partial charge on any atom is 0.164 e. The summed E-state index contributed by atoms with van der Waals surface area (Å²) in [5.74, 6) is 0.292. The van der Waals surface area contributed by atoms with Crippen LogP contribution in [0.25, 0.3) is 0 Å². The van der Waals surface area contributed by atoms with Gasteiger partial charge in [-0.05, 0) is 25.3 Å². The Hall–Kier alpha value is -0.850. The third-order valence-electron chi connectivity index (χ3n) is 2.49. The van der Waals surface area contributed by atoms with E-state index < -0.39 is 0 Å². The van der Waals surface area contributed by atoms with Gasteiger partial charge in [-0.1, -0.05) is 38.5 Å². The normalized spacial score (nSPS) is 24.8. The van der Waals surface area contributed by atoms with Crippen LogP contribution >= 0.6 is 0 Å². The van der Waals surface area contributed by atoms with E-state index in [0.717, 1.165) is 18.4 Å². The minimum Gasteiger partial charge on any atom is -0.294 e. The van der Waals surface area contributed by atoms with E-state index in [9.17, 15) is 4.79 Å². The number of allylic oxidation sites excluding steroid dienone is 4. The Morgan fingerprint density at radius 3 is 2.62 bits per heavy atom. The Bertz CT molecular complexity index is 279. The van der Waals surface area contributed by atoms with Crippen LogP contribution in [0.5, 0.6) is 0 Å². The minimum atomic E-state index is -0.195. The van der Waals surface area contributed by atoms with Crippen LogP contribution in [-0.4, -0.2) is 5.78 Å². The second kappa shape index (κ2) is 3.49. The van der Waals surface area contributed by atoms with Crippen LogP contribution < -0.4 is 0 Å². The van der Waals surface area contributed by atoms with E-state index in [0.29, 0.717) is 5.78 Å². The van der Waals surface area contributed by atoms with Gasteiger partial charge in [-0.25, -0.2) is 0 Å². The van der Waals surface area contributed by atoms with Gasteiger partial charge >= 0.3 is 0 Å². The number of Topliss-reactive ketones (excluding diaryl/α,β-unsaturated/α-hetero) is 1. The lowest BCUT2D eigenvalue weighted by molar-refractivity contribution is -0.123. The average Bonchev–Trinajstić information content (AvgIpc) is 2.00. The third-order valence-corrected chi connectivity index (χ3v) is 2.49. The van der Waals surface area contributed by atoms with E-state index in [4.69, 9.17) is 0 Å². The third kappa shape index (κ3) is 2.09. The summed E-state index contributed by atoms with van der Waals surface area (Å²) < 4.78 is 0. The molecule has 1 rings (SSSR count). The summed E-state index contributed by atoms with van der Waals surface area (Å²) in [6.45, 7) is 8.08. The van der Waals surface area contributed by atoms with Crippen molar-refractivity contribution in [2.45, 2.75) is 40.5 Å². The second-order valence-corrected chi connectivity index (χ2v) is 4.40. The molecule has 1 aliphatic rings. The van der Waals surface area contributed by atoms with E-state index in [1.54, 1.807) is 0 Å². The van der Waals surface area contributed by atoms with Crippen molar-refractivity contribution in [3.8, 4) is 0 Å². The molecular weight excluding hydrogens is 160 g/mol. The number of rotatable bonds is 1. The molecule has 1 aliphatic carbocycles. The topological polar surface area (TPSA) is 17.1 Å². The molecule has 0 aromatic carbocycles. The zero-order chi connectivity index (χ0) is 10.1. The molecule has 13 heavy (non-hydrogen) atoms. The first kappa shape index (κ1) is 10.2. The molecule has 0 aromatic rings. The van der Waals surface area contributed by atoms with Crippen LogP contribution in [0.4, 0.5) is 0 Å². The molecule has 0 unspecified atom stereocenters. The summed E-state index contributed by atoms with van der Waals surface area (Å²) in [6.07, 6.45) is 6.16. The number of hydrogen-bond donors (Lipinski definition) is 0. The highest BCUT2D eigenvalue weighted by atomic mass is 16.1. The summed E-state index contributed by atoms with van der Waals surface area (Å²) in [6, 6.07) is 0. The standard InChI is InChI=1S/C12H18O/c1-5-6-10-7-9(2)11(13)12(3,4)8-10/h6-7H,5,8H2,1-4H3/b10-6-. The van der Waals surface area contributed by atoms with E-state index in [1.165, 1.54) is 5.57 Å². The quantitative estimate of drug-likeness (QED) is 0.602. The van der Waals surface area contributed by atoms with Gasteiger partial charge in [0.2, 0.25) is 0 Å². The smallest absolute Gasteiger partial charge is 0.164 e. The molecule has 0 fully saturated rings. The van der Waals surface area contributed by atoms with Crippen LogP contribution in [0.2, 0.25) is 0 Å². The monoisotopic (exact) mass is 178 g/mol. The second-order valence-electron chi connectivity index (χ2n) is 4.40. The first-order valence-corrected chi connectivity index (χ1v) is 4.89. The molecule has 1 nitrogen and oxygen atoms in total. The van der Waals surface area contributed by atoms with E-state index in [-0.39, 0.29) is 5.41 Å². The first-order chi connectivity index (χ1) is 5.97. The zero-order valence-electron chi connectivity index (χ0n) is 8.98. The minimum absolute atomic E-state index is 0.195. The van der Waals surface area contributed by atoms with Gasteiger partial charge in [0.25, 0.3) is 0 Å². The van der Waals surface area contributed by atoms with Gasteiger partial charge in [0.1, 0.15) is 0 Å². The summed E-state index contributed by atoms with van der Waals surface area (Å²) in [7, 11) is 0. The molecule has 0 amide bonds. The summed E-state index contributed by atoms with van der Waals surface area (Å²) >= 11 is 0. The number of ketones is 1. The van der Waals surface area contributed by atoms with Gasteiger partial charge in [0.15, 0.2) is 5.78 Å². The Morgan fingerprint density at radius 2 is 2.15 bits per heavy atom. The van der Waals surface area contributed by atoms with E-state index >= 15 is 0 Å².